The number of carbonyl (C=O) groups excluding carboxylic acids is 1. The van der Waals surface area contributed by atoms with Gasteiger partial charge in [-0.3, -0.25) is 9.59 Å². The highest BCUT2D eigenvalue weighted by Gasteiger charge is 2.22. The molecule has 0 aliphatic carbocycles. The number of aromatic amines is 1. The summed E-state index contributed by atoms with van der Waals surface area (Å²) < 4.78 is 11.3. The van der Waals surface area contributed by atoms with Gasteiger partial charge in [-0.05, 0) is 13.8 Å². The zero-order chi connectivity index (χ0) is 21.5. The molecule has 1 aliphatic rings. The second-order valence-corrected chi connectivity index (χ2v) is 7.45. The fourth-order valence-electron chi connectivity index (χ4n) is 3.00. The Kier molecular flexibility index (Phi) is 7.58. The molecule has 1 amide bonds. The van der Waals surface area contributed by atoms with E-state index < -0.39 is 0 Å². The number of rotatable bonds is 8. The van der Waals surface area contributed by atoms with Crippen molar-refractivity contribution < 1.29 is 14.3 Å². The predicted octanol–water partition coefficient (Wildman–Crippen LogP) is 1.04. The van der Waals surface area contributed by atoms with Crippen LogP contribution < -0.4 is 15.2 Å². The van der Waals surface area contributed by atoms with Crippen molar-refractivity contribution in [1.82, 2.24) is 25.1 Å². The second-order valence-electron chi connectivity index (χ2n) is 7.01. The molecule has 1 saturated heterocycles. The first kappa shape index (κ1) is 22.0. The Hall–Kier alpha value is -2.72. The van der Waals surface area contributed by atoms with Gasteiger partial charge in [-0.15, -0.1) is 0 Å². The lowest BCUT2D eigenvalue weighted by atomic mass is 10.3. The average Bonchev–Trinajstić information content (AvgIpc) is 2.75. The van der Waals surface area contributed by atoms with Gasteiger partial charge in [-0.25, -0.2) is 15.1 Å². The lowest BCUT2D eigenvalue weighted by Crippen LogP contribution is -2.49. The highest BCUT2D eigenvalue weighted by molar-refractivity contribution is 6.30. The van der Waals surface area contributed by atoms with Gasteiger partial charge >= 0.3 is 0 Å². The highest BCUT2D eigenvalue weighted by atomic mass is 35.5. The maximum absolute atomic E-state index is 12.4. The molecular weight excluding hydrogens is 412 g/mol. The summed E-state index contributed by atoms with van der Waals surface area (Å²) in [6.45, 7) is 6.67. The van der Waals surface area contributed by atoms with Gasteiger partial charge in [0, 0.05) is 26.2 Å². The van der Waals surface area contributed by atoms with Crippen molar-refractivity contribution >= 4 is 23.5 Å². The van der Waals surface area contributed by atoms with Gasteiger partial charge in [0.1, 0.15) is 11.9 Å². The molecule has 30 heavy (non-hydrogen) atoms. The van der Waals surface area contributed by atoms with E-state index in [1.165, 1.54) is 6.20 Å². The van der Waals surface area contributed by atoms with Gasteiger partial charge < -0.3 is 19.3 Å². The zero-order valence-corrected chi connectivity index (χ0v) is 17.8. The molecule has 1 fully saturated rings. The third kappa shape index (κ3) is 5.90. The predicted molar refractivity (Wildman–Crippen MR) is 111 cm³/mol. The van der Waals surface area contributed by atoms with E-state index in [4.69, 9.17) is 21.1 Å². The van der Waals surface area contributed by atoms with Crippen LogP contribution in [0.4, 0.5) is 5.95 Å². The Morgan fingerprint density at radius 3 is 2.63 bits per heavy atom. The van der Waals surface area contributed by atoms with Crippen LogP contribution in [0.1, 0.15) is 18.9 Å². The van der Waals surface area contributed by atoms with Gasteiger partial charge in [-0.2, -0.15) is 5.10 Å². The number of hydrogen-bond acceptors (Lipinski definition) is 8. The molecule has 11 heteroatoms. The fraction of sp³-hybridized carbons (Fsp3) is 0.526. The third-order valence-electron chi connectivity index (χ3n) is 4.72. The second kappa shape index (κ2) is 10.4. The van der Waals surface area contributed by atoms with Crippen LogP contribution in [0.5, 0.6) is 5.75 Å². The van der Waals surface area contributed by atoms with Crippen LogP contribution in [-0.2, 0) is 9.53 Å². The maximum atomic E-state index is 12.4. The molecule has 0 unspecified atom stereocenters. The number of amides is 1. The molecule has 0 aromatic carbocycles. The largest absolute Gasteiger partial charge is 0.486 e. The Morgan fingerprint density at radius 2 is 1.93 bits per heavy atom. The minimum Gasteiger partial charge on any atom is -0.486 e. The number of ether oxygens (including phenoxy) is 2. The normalized spacial score (nSPS) is 15.2. The van der Waals surface area contributed by atoms with E-state index in [0.29, 0.717) is 68.1 Å². The summed E-state index contributed by atoms with van der Waals surface area (Å²) >= 11 is 5.82. The van der Waals surface area contributed by atoms with E-state index in [9.17, 15) is 9.59 Å². The molecule has 1 N–H and O–H groups in total. The zero-order valence-electron chi connectivity index (χ0n) is 17.0. The molecule has 0 radical (unpaired) electrons. The SMILES string of the molecule is Cc1c(O[C@H](C)COCCC(=O)N2CCN(c3ncc(Cl)cn3)CC2)cn[nH]c1=O. The summed E-state index contributed by atoms with van der Waals surface area (Å²) in [6.07, 6.45) is 4.63. The Bertz CT molecular complexity index is 899. The van der Waals surface area contributed by atoms with E-state index in [2.05, 4.69) is 20.2 Å². The summed E-state index contributed by atoms with van der Waals surface area (Å²) in [6, 6.07) is 0. The molecule has 0 saturated carbocycles. The monoisotopic (exact) mass is 436 g/mol. The summed E-state index contributed by atoms with van der Waals surface area (Å²) in [5.41, 5.74) is 0.184. The summed E-state index contributed by atoms with van der Waals surface area (Å²) in [5, 5.41) is 6.57. The van der Waals surface area contributed by atoms with Crippen molar-refractivity contribution in [3.05, 3.63) is 39.5 Å². The van der Waals surface area contributed by atoms with Crippen LogP contribution in [-0.4, -0.2) is 76.5 Å². The number of H-pyrrole nitrogens is 1. The van der Waals surface area contributed by atoms with Crippen LogP contribution in [0, 0.1) is 6.92 Å². The molecule has 0 bridgehead atoms. The third-order valence-corrected chi connectivity index (χ3v) is 4.92. The molecule has 1 atom stereocenters. The summed E-state index contributed by atoms with van der Waals surface area (Å²) in [4.78, 5) is 36.2. The van der Waals surface area contributed by atoms with Gasteiger partial charge in [0.25, 0.3) is 5.56 Å². The van der Waals surface area contributed by atoms with Crippen molar-refractivity contribution in [3.8, 4) is 5.75 Å². The van der Waals surface area contributed by atoms with E-state index in [1.54, 1.807) is 19.3 Å². The van der Waals surface area contributed by atoms with Crippen LogP contribution in [0.15, 0.2) is 23.4 Å². The number of piperazine rings is 1. The number of hydrogen-bond donors (Lipinski definition) is 1. The van der Waals surface area contributed by atoms with Crippen molar-refractivity contribution in [2.45, 2.75) is 26.4 Å². The van der Waals surface area contributed by atoms with Crippen molar-refractivity contribution in [1.29, 1.82) is 0 Å². The van der Waals surface area contributed by atoms with E-state index in [1.807, 2.05) is 16.7 Å². The first-order valence-electron chi connectivity index (χ1n) is 9.73. The fourth-order valence-corrected chi connectivity index (χ4v) is 3.10. The van der Waals surface area contributed by atoms with Crippen molar-refractivity contribution in [2.75, 3.05) is 44.3 Å². The van der Waals surface area contributed by atoms with E-state index in [-0.39, 0.29) is 17.6 Å². The molecule has 2 aromatic heterocycles. The van der Waals surface area contributed by atoms with Gasteiger partial charge in [0.05, 0.1) is 48.8 Å². The van der Waals surface area contributed by atoms with E-state index >= 15 is 0 Å². The average molecular weight is 437 g/mol. The van der Waals surface area contributed by atoms with Crippen LogP contribution in [0.3, 0.4) is 0 Å². The molecular formula is C19H25ClN6O4. The smallest absolute Gasteiger partial charge is 0.270 e. The Morgan fingerprint density at radius 1 is 1.23 bits per heavy atom. The number of carbonyl (C=O) groups is 1. The Balaban J connectivity index is 1.34. The van der Waals surface area contributed by atoms with Crippen LogP contribution in [0.2, 0.25) is 5.02 Å². The van der Waals surface area contributed by atoms with Crippen molar-refractivity contribution in [2.24, 2.45) is 0 Å². The quantitative estimate of drug-likeness (QED) is 0.611. The van der Waals surface area contributed by atoms with Gasteiger partial charge in [0.15, 0.2) is 0 Å². The molecule has 2 aromatic rings. The first-order valence-corrected chi connectivity index (χ1v) is 10.1. The molecule has 3 rings (SSSR count). The number of aromatic nitrogens is 4. The lowest BCUT2D eigenvalue weighted by Gasteiger charge is -2.34. The highest BCUT2D eigenvalue weighted by Crippen LogP contribution is 2.14. The topological polar surface area (TPSA) is 114 Å². The molecule has 10 nitrogen and oxygen atoms in total. The maximum Gasteiger partial charge on any atom is 0.270 e. The van der Waals surface area contributed by atoms with Gasteiger partial charge in [0.2, 0.25) is 11.9 Å². The number of nitrogens with one attached hydrogen (secondary N) is 1. The minimum atomic E-state index is -0.283. The number of nitrogens with zero attached hydrogens (tertiary/aromatic N) is 5. The standard InChI is InChI=1S/C19H25ClN6O4/c1-13(30-16-11-23-24-18(28)14(16)2)12-29-8-3-17(27)25-4-6-26(7-5-25)19-21-9-15(20)10-22-19/h9-11,13H,3-8,12H2,1-2H3,(H,24,28)/t13-/m1/s1. The molecule has 162 valence electrons. The van der Waals surface area contributed by atoms with Crippen LogP contribution in [0.25, 0.3) is 0 Å². The lowest BCUT2D eigenvalue weighted by molar-refractivity contribution is -0.132. The summed E-state index contributed by atoms with van der Waals surface area (Å²) in [7, 11) is 0. The molecule has 0 spiro atoms. The van der Waals surface area contributed by atoms with Gasteiger partial charge in [-0.1, -0.05) is 11.6 Å². The number of halogens is 1. The van der Waals surface area contributed by atoms with E-state index in [0.717, 1.165) is 0 Å². The number of anilines is 1. The summed E-state index contributed by atoms with van der Waals surface area (Å²) in [5.74, 6) is 1.10. The molecule has 3 heterocycles. The van der Waals surface area contributed by atoms with Crippen LogP contribution >= 0.6 is 11.6 Å². The first-order chi connectivity index (χ1) is 14.4. The van der Waals surface area contributed by atoms with Crippen molar-refractivity contribution in [3.63, 3.8) is 0 Å². The minimum absolute atomic E-state index is 0.0508. The molecule has 1 aliphatic heterocycles. The Labute approximate surface area is 179 Å².